The SMILES string of the molecule is CCOc1ccc(C(C)=O)cc1COCCC(C)(C)OC. The summed E-state index contributed by atoms with van der Waals surface area (Å²) >= 11 is 0. The molecular formula is C17H26O4. The Bertz CT molecular complexity index is 466. The lowest BCUT2D eigenvalue weighted by Gasteiger charge is -2.22. The molecule has 0 aromatic heterocycles. The molecule has 0 heterocycles. The number of carbonyl (C=O) groups is 1. The van der Waals surface area contributed by atoms with E-state index in [4.69, 9.17) is 14.2 Å². The largest absolute Gasteiger partial charge is 0.494 e. The van der Waals surface area contributed by atoms with Gasteiger partial charge in [0.15, 0.2) is 5.78 Å². The fourth-order valence-electron chi connectivity index (χ4n) is 1.81. The van der Waals surface area contributed by atoms with E-state index in [1.165, 1.54) is 0 Å². The Morgan fingerprint density at radius 2 is 2.00 bits per heavy atom. The zero-order chi connectivity index (χ0) is 15.9. The first-order valence-corrected chi connectivity index (χ1v) is 7.29. The van der Waals surface area contributed by atoms with Crippen molar-refractivity contribution in [2.45, 2.75) is 46.3 Å². The second-order valence-electron chi connectivity index (χ2n) is 5.58. The van der Waals surface area contributed by atoms with Crippen molar-refractivity contribution >= 4 is 5.78 Å². The van der Waals surface area contributed by atoms with E-state index in [0.717, 1.165) is 17.7 Å². The zero-order valence-electron chi connectivity index (χ0n) is 13.7. The summed E-state index contributed by atoms with van der Waals surface area (Å²) in [6.07, 6.45) is 0.805. The third-order valence-electron chi connectivity index (χ3n) is 3.43. The molecule has 0 aliphatic carbocycles. The third kappa shape index (κ3) is 5.86. The summed E-state index contributed by atoms with van der Waals surface area (Å²) in [5.74, 6) is 0.813. The van der Waals surface area contributed by atoms with Crippen molar-refractivity contribution in [3.8, 4) is 5.75 Å². The summed E-state index contributed by atoms with van der Waals surface area (Å²) in [6, 6.07) is 5.46. The highest BCUT2D eigenvalue weighted by Gasteiger charge is 2.16. The van der Waals surface area contributed by atoms with Crippen LogP contribution >= 0.6 is 0 Å². The third-order valence-corrected chi connectivity index (χ3v) is 3.43. The van der Waals surface area contributed by atoms with Gasteiger partial charge in [-0.05, 0) is 52.3 Å². The van der Waals surface area contributed by atoms with Gasteiger partial charge in [0, 0.05) is 24.8 Å². The van der Waals surface area contributed by atoms with Gasteiger partial charge in [0.1, 0.15) is 5.75 Å². The molecule has 0 aliphatic heterocycles. The monoisotopic (exact) mass is 294 g/mol. The van der Waals surface area contributed by atoms with Crippen LogP contribution in [0.15, 0.2) is 18.2 Å². The molecule has 0 radical (unpaired) electrons. The van der Waals surface area contributed by atoms with Crippen LogP contribution in [0.5, 0.6) is 5.75 Å². The zero-order valence-corrected chi connectivity index (χ0v) is 13.7. The summed E-state index contributed by atoms with van der Waals surface area (Å²) in [4.78, 5) is 11.5. The summed E-state index contributed by atoms with van der Waals surface area (Å²) in [6.45, 7) is 9.15. The normalized spacial score (nSPS) is 11.5. The van der Waals surface area contributed by atoms with Gasteiger partial charge < -0.3 is 14.2 Å². The fourth-order valence-corrected chi connectivity index (χ4v) is 1.81. The van der Waals surface area contributed by atoms with Crippen LogP contribution in [-0.4, -0.2) is 31.7 Å². The minimum atomic E-state index is -0.190. The van der Waals surface area contributed by atoms with Crippen LogP contribution in [0, 0.1) is 0 Å². The van der Waals surface area contributed by atoms with Gasteiger partial charge in [0.05, 0.1) is 18.8 Å². The van der Waals surface area contributed by atoms with Crippen LogP contribution in [0.4, 0.5) is 0 Å². The highest BCUT2D eigenvalue weighted by molar-refractivity contribution is 5.94. The number of ketones is 1. The minimum absolute atomic E-state index is 0.0415. The first-order chi connectivity index (χ1) is 9.89. The maximum absolute atomic E-state index is 11.5. The standard InChI is InChI=1S/C17H26O4/c1-6-21-16-8-7-14(13(2)18)11-15(16)12-20-10-9-17(3,4)19-5/h7-8,11H,6,9-10,12H2,1-5H3. The topological polar surface area (TPSA) is 44.8 Å². The molecule has 4 nitrogen and oxygen atoms in total. The van der Waals surface area contributed by atoms with Gasteiger partial charge in [0.25, 0.3) is 0 Å². The minimum Gasteiger partial charge on any atom is -0.494 e. The highest BCUT2D eigenvalue weighted by atomic mass is 16.5. The summed E-state index contributed by atoms with van der Waals surface area (Å²) in [7, 11) is 1.70. The molecule has 0 unspecified atom stereocenters. The number of Topliss-reactive ketones (excluding diaryl/α,β-unsaturated/α-hetero) is 1. The van der Waals surface area contributed by atoms with Crippen LogP contribution in [0.1, 0.15) is 50.0 Å². The van der Waals surface area contributed by atoms with Crippen LogP contribution < -0.4 is 4.74 Å². The van der Waals surface area contributed by atoms with Crippen LogP contribution in [0.25, 0.3) is 0 Å². The van der Waals surface area contributed by atoms with E-state index in [1.807, 2.05) is 32.9 Å². The van der Waals surface area contributed by atoms with Gasteiger partial charge in [-0.1, -0.05) is 0 Å². The van der Waals surface area contributed by atoms with Crippen LogP contribution in [0.2, 0.25) is 0 Å². The van der Waals surface area contributed by atoms with Gasteiger partial charge >= 0.3 is 0 Å². The maximum Gasteiger partial charge on any atom is 0.159 e. The van der Waals surface area contributed by atoms with Gasteiger partial charge in [-0.15, -0.1) is 0 Å². The highest BCUT2D eigenvalue weighted by Crippen LogP contribution is 2.22. The van der Waals surface area contributed by atoms with Crippen molar-refractivity contribution in [2.75, 3.05) is 20.3 Å². The molecule has 0 bridgehead atoms. The van der Waals surface area contributed by atoms with Crippen molar-refractivity contribution in [2.24, 2.45) is 0 Å². The van der Waals surface area contributed by atoms with E-state index in [1.54, 1.807) is 20.1 Å². The molecule has 21 heavy (non-hydrogen) atoms. The predicted molar refractivity (Wildman–Crippen MR) is 83.0 cm³/mol. The molecule has 0 spiro atoms. The fraction of sp³-hybridized carbons (Fsp3) is 0.588. The molecule has 0 aliphatic rings. The van der Waals surface area contributed by atoms with E-state index in [2.05, 4.69) is 0 Å². The molecule has 118 valence electrons. The lowest BCUT2D eigenvalue weighted by Crippen LogP contribution is -2.24. The lowest BCUT2D eigenvalue weighted by molar-refractivity contribution is -0.0126. The number of hydrogen-bond acceptors (Lipinski definition) is 4. The van der Waals surface area contributed by atoms with Crippen LogP contribution in [-0.2, 0) is 16.1 Å². The first-order valence-electron chi connectivity index (χ1n) is 7.29. The number of benzene rings is 1. The van der Waals surface area contributed by atoms with Gasteiger partial charge in [0.2, 0.25) is 0 Å². The Morgan fingerprint density at radius 1 is 1.29 bits per heavy atom. The second kappa shape index (κ2) is 8.15. The molecule has 0 amide bonds. The Labute approximate surface area is 127 Å². The quantitative estimate of drug-likeness (QED) is 0.515. The molecule has 1 rings (SSSR count). The lowest BCUT2D eigenvalue weighted by atomic mass is 10.1. The number of hydrogen-bond donors (Lipinski definition) is 0. The maximum atomic E-state index is 11.5. The molecule has 0 saturated carbocycles. The molecular weight excluding hydrogens is 268 g/mol. The predicted octanol–water partition coefficient (Wildman–Crippen LogP) is 3.62. The Balaban J connectivity index is 2.67. The average Bonchev–Trinajstić information content (AvgIpc) is 2.45. The van der Waals surface area contributed by atoms with E-state index in [-0.39, 0.29) is 11.4 Å². The summed E-state index contributed by atoms with van der Waals surface area (Å²) in [5.41, 5.74) is 1.39. The van der Waals surface area contributed by atoms with Crippen molar-refractivity contribution in [1.29, 1.82) is 0 Å². The molecule has 0 N–H and O–H groups in total. The number of ether oxygens (including phenoxy) is 3. The summed E-state index contributed by atoms with van der Waals surface area (Å²) < 4.78 is 16.6. The van der Waals surface area contributed by atoms with Crippen molar-refractivity contribution < 1.29 is 19.0 Å². The Morgan fingerprint density at radius 3 is 2.57 bits per heavy atom. The Kier molecular flexibility index (Phi) is 6.85. The van der Waals surface area contributed by atoms with Crippen molar-refractivity contribution in [3.05, 3.63) is 29.3 Å². The smallest absolute Gasteiger partial charge is 0.159 e. The number of carbonyl (C=O) groups excluding carboxylic acids is 1. The van der Waals surface area contributed by atoms with E-state index >= 15 is 0 Å². The van der Waals surface area contributed by atoms with E-state index < -0.39 is 0 Å². The molecule has 0 atom stereocenters. The molecule has 0 saturated heterocycles. The van der Waals surface area contributed by atoms with Crippen molar-refractivity contribution in [1.82, 2.24) is 0 Å². The average molecular weight is 294 g/mol. The molecule has 0 fully saturated rings. The van der Waals surface area contributed by atoms with Crippen molar-refractivity contribution in [3.63, 3.8) is 0 Å². The summed E-state index contributed by atoms with van der Waals surface area (Å²) in [5, 5.41) is 0. The molecule has 4 heteroatoms. The number of rotatable bonds is 9. The van der Waals surface area contributed by atoms with Crippen LogP contribution in [0.3, 0.4) is 0 Å². The van der Waals surface area contributed by atoms with E-state index in [9.17, 15) is 4.79 Å². The van der Waals surface area contributed by atoms with Gasteiger partial charge in [-0.2, -0.15) is 0 Å². The molecule has 1 aromatic rings. The Hall–Kier alpha value is -1.39. The second-order valence-corrected chi connectivity index (χ2v) is 5.58. The first kappa shape index (κ1) is 17.7. The van der Waals surface area contributed by atoms with Gasteiger partial charge in [-0.25, -0.2) is 0 Å². The van der Waals surface area contributed by atoms with E-state index in [0.29, 0.717) is 25.4 Å². The number of methoxy groups -OCH3 is 1. The van der Waals surface area contributed by atoms with Gasteiger partial charge in [-0.3, -0.25) is 4.79 Å². The molecule has 1 aromatic carbocycles.